The van der Waals surface area contributed by atoms with Crippen LogP contribution in [-0.4, -0.2) is 11.7 Å². The third-order valence-corrected chi connectivity index (χ3v) is 4.34. The summed E-state index contributed by atoms with van der Waals surface area (Å²) in [6.45, 7) is 3.85. The highest BCUT2D eigenvalue weighted by Gasteiger charge is 2.12. The summed E-state index contributed by atoms with van der Waals surface area (Å²) in [5.41, 5.74) is 1.62. The predicted molar refractivity (Wildman–Crippen MR) is 87.4 cm³/mol. The summed E-state index contributed by atoms with van der Waals surface area (Å²) in [4.78, 5) is 25.7. The Labute approximate surface area is 132 Å². The van der Waals surface area contributed by atoms with Crippen molar-refractivity contribution in [1.29, 1.82) is 0 Å². The molecule has 1 N–H and O–H groups in total. The molecule has 1 heterocycles. The molecule has 2 rings (SSSR count). The van der Waals surface area contributed by atoms with Gasteiger partial charge in [-0.2, -0.15) is 0 Å². The number of amides is 1. The molecular formula is C16H16ClNO2S. The summed E-state index contributed by atoms with van der Waals surface area (Å²) in [7, 11) is 0. The van der Waals surface area contributed by atoms with Crippen LogP contribution >= 0.6 is 22.9 Å². The van der Waals surface area contributed by atoms with E-state index in [-0.39, 0.29) is 24.5 Å². The summed E-state index contributed by atoms with van der Waals surface area (Å²) in [5.74, 6) is -0.173. The number of rotatable bonds is 5. The van der Waals surface area contributed by atoms with Gasteiger partial charge in [0.2, 0.25) is 5.91 Å². The molecule has 0 atom stereocenters. The first-order chi connectivity index (χ1) is 9.95. The molecule has 0 bridgehead atoms. The van der Waals surface area contributed by atoms with Gasteiger partial charge in [-0.05, 0) is 43.7 Å². The number of hydrogen-bond acceptors (Lipinski definition) is 3. The normalized spacial score (nSPS) is 10.4. The van der Waals surface area contributed by atoms with Crippen molar-refractivity contribution in [2.75, 3.05) is 5.32 Å². The van der Waals surface area contributed by atoms with Gasteiger partial charge >= 0.3 is 0 Å². The van der Waals surface area contributed by atoms with E-state index in [0.29, 0.717) is 15.6 Å². The zero-order valence-electron chi connectivity index (χ0n) is 11.9. The summed E-state index contributed by atoms with van der Waals surface area (Å²) in [5, 5.41) is 3.36. The highest BCUT2D eigenvalue weighted by atomic mass is 35.5. The van der Waals surface area contributed by atoms with Gasteiger partial charge < -0.3 is 5.32 Å². The van der Waals surface area contributed by atoms with E-state index >= 15 is 0 Å². The van der Waals surface area contributed by atoms with Crippen LogP contribution in [0.3, 0.4) is 0 Å². The molecule has 21 heavy (non-hydrogen) atoms. The SMILES string of the molecule is Cc1ccc(C(=O)CCC(=O)Nc2cc(Cl)ccc2C)s1. The molecule has 2 aromatic rings. The summed E-state index contributed by atoms with van der Waals surface area (Å²) in [6.07, 6.45) is 0.382. The van der Waals surface area contributed by atoms with E-state index < -0.39 is 0 Å². The van der Waals surface area contributed by atoms with Gasteiger partial charge in [-0.3, -0.25) is 9.59 Å². The average molecular weight is 322 g/mol. The molecule has 3 nitrogen and oxygen atoms in total. The molecule has 0 aliphatic carbocycles. The third-order valence-electron chi connectivity index (χ3n) is 3.07. The Bertz CT molecular complexity index is 679. The molecule has 0 unspecified atom stereocenters. The van der Waals surface area contributed by atoms with Crippen LogP contribution in [-0.2, 0) is 4.79 Å². The van der Waals surface area contributed by atoms with E-state index in [0.717, 1.165) is 10.4 Å². The fraction of sp³-hybridized carbons (Fsp3) is 0.250. The maximum Gasteiger partial charge on any atom is 0.224 e. The number of carbonyl (C=O) groups excluding carboxylic acids is 2. The second kappa shape index (κ2) is 6.87. The quantitative estimate of drug-likeness (QED) is 0.817. The molecular weight excluding hydrogens is 306 g/mol. The van der Waals surface area contributed by atoms with Gasteiger partial charge in [0.15, 0.2) is 5.78 Å². The Kier molecular flexibility index (Phi) is 5.15. The standard InChI is InChI=1S/C16H16ClNO2S/c1-10-3-5-12(17)9-13(10)18-16(20)8-6-14(19)15-7-4-11(2)21-15/h3-5,7,9H,6,8H2,1-2H3,(H,18,20). The van der Waals surface area contributed by atoms with Crippen LogP contribution in [0.25, 0.3) is 0 Å². The number of carbonyl (C=O) groups is 2. The number of thiophene rings is 1. The lowest BCUT2D eigenvalue weighted by Gasteiger charge is -2.08. The lowest BCUT2D eigenvalue weighted by molar-refractivity contribution is -0.116. The van der Waals surface area contributed by atoms with Crippen LogP contribution in [0.2, 0.25) is 5.02 Å². The Morgan fingerprint density at radius 3 is 2.57 bits per heavy atom. The van der Waals surface area contributed by atoms with Crippen molar-refractivity contribution in [3.05, 3.63) is 50.7 Å². The Balaban J connectivity index is 1.90. The maximum absolute atomic E-state index is 11.9. The van der Waals surface area contributed by atoms with Crippen LogP contribution in [0.1, 0.15) is 33.0 Å². The van der Waals surface area contributed by atoms with Crippen molar-refractivity contribution in [1.82, 2.24) is 0 Å². The van der Waals surface area contributed by atoms with Gasteiger partial charge in [-0.15, -0.1) is 11.3 Å². The second-order valence-electron chi connectivity index (χ2n) is 4.84. The molecule has 1 aromatic carbocycles. The number of benzene rings is 1. The zero-order valence-corrected chi connectivity index (χ0v) is 13.5. The first-order valence-electron chi connectivity index (χ1n) is 6.61. The number of halogens is 1. The number of anilines is 1. The predicted octanol–water partition coefficient (Wildman–Crippen LogP) is 4.62. The summed E-state index contributed by atoms with van der Waals surface area (Å²) < 4.78 is 0. The molecule has 0 aliphatic heterocycles. The fourth-order valence-corrected chi connectivity index (χ4v) is 2.88. The highest BCUT2D eigenvalue weighted by Crippen LogP contribution is 2.21. The summed E-state index contributed by atoms with van der Waals surface area (Å²) >= 11 is 7.36. The Morgan fingerprint density at radius 2 is 1.90 bits per heavy atom. The minimum Gasteiger partial charge on any atom is -0.326 e. The molecule has 1 amide bonds. The van der Waals surface area contributed by atoms with Crippen LogP contribution < -0.4 is 5.32 Å². The van der Waals surface area contributed by atoms with E-state index in [1.54, 1.807) is 18.2 Å². The van der Waals surface area contributed by atoms with Crippen LogP contribution in [0.15, 0.2) is 30.3 Å². The van der Waals surface area contributed by atoms with E-state index in [1.165, 1.54) is 11.3 Å². The number of nitrogens with one attached hydrogen (secondary N) is 1. The van der Waals surface area contributed by atoms with E-state index in [1.807, 2.05) is 26.0 Å². The van der Waals surface area contributed by atoms with Crippen molar-refractivity contribution in [3.63, 3.8) is 0 Å². The van der Waals surface area contributed by atoms with E-state index in [2.05, 4.69) is 5.32 Å². The van der Waals surface area contributed by atoms with E-state index in [4.69, 9.17) is 11.6 Å². The molecule has 0 aliphatic rings. The topological polar surface area (TPSA) is 46.2 Å². The second-order valence-corrected chi connectivity index (χ2v) is 6.57. The monoisotopic (exact) mass is 321 g/mol. The van der Waals surface area contributed by atoms with Crippen LogP contribution in [0.4, 0.5) is 5.69 Å². The van der Waals surface area contributed by atoms with Gasteiger partial charge in [0, 0.05) is 28.4 Å². The van der Waals surface area contributed by atoms with Gasteiger partial charge in [0.05, 0.1) is 4.88 Å². The van der Waals surface area contributed by atoms with Crippen molar-refractivity contribution >= 4 is 40.3 Å². The molecule has 1 aromatic heterocycles. The molecule has 110 valence electrons. The smallest absolute Gasteiger partial charge is 0.224 e. The van der Waals surface area contributed by atoms with Crippen molar-refractivity contribution in [3.8, 4) is 0 Å². The molecule has 0 saturated carbocycles. The van der Waals surface area contributed by atoms with Gasteiger partial charge in [0.25, 0.3) is 0 Å². The van der Waals surface area contributed by atoms with Gasteiger partial charge in [-0.1, -0.05) is 17.7 Å². The number of Topliss-reactive ketones (excluding diaryl/α,β-unsaturated/α-hetero) is 1. The molecule has 0 saturated heterocycles. The van der Waals surface area contributed by atoms with Crippen molar-refractivity contribution in [2.24, 2.45) is 0 Å². The maximum atomic E-state index is 11.9. The zero-order chi connectivity index (χ0) is 15.4. The lowest BCUT2D eigenvalue weighted by atomic mass is 10.1. The highest BCUT2D eigenvalue weighted by molar-refractivity contribution is 7.14. The fourth-order valence-electron chi connectivity index (χ4n) is 1.88. The van der Waals surface area contributed by atoms with Crippen molar-refractivity contribution < 1.29 is 9.59 Å². The largest absolute Gasteiger partial charge is 0.326 e. The van der Waals surface area contributed by atoms with Gasteiger partial charge in [0.1, 0.15) is 0 Å². The van der Waals surface area contributed by atoms with Gasteiger partial charge in [-0.25, -0.2) is 0 Å². The van der Waals surface area contributed by atoms with Crippen molar-refractivity contribution in [2.45, 2.75) is 26.7 Å². The summed E-state index contributed by atoms with van der Waals surface area (Å²) in [6, 6.07) is 9.04. The minimum atomic E-state index is -0.179. The average Bonchev–Trinajstić information content (AvgIpc) is 2.87. The van der Waals surface area contributed by atoms with E-state index in [9.17, 15) is 9.59 Å². The third kappa shape index (κ3) is 4.41. The number of ketones is 1. The Hall–Kier alpha value is -1.65. The van der Waals surface area contributed by atoms with Crippen LogP contribution in [0.5, 0.6) is 0 Å². The molecule has 0 fully saturated rings. The lowest BCUT2D eigenvalue weighted by Crippen LogP contribution is -2.14. The van der Waals surface area contributed by atoms with Crippen LogP contribution in [0, 0.1) is 13.8 Å². The first kappa shape index (κ1) is 15.7. The first-order valence-corrected chi connectivity index (χ1v) is 7.81. The molecule has 0 radical (unpaired) electrons. The Morgan fingerprint density at radius 1 is 1.14 bits per heavy atom. The number of aryl methyl sites for hydroxylation is 2. The molecule has 5 heteroatoms. The molecule has 0 spiro atoms. The minimum absolute atomic E-state index is 0.00562. The number of hydrogen-bond donors (Lipinski definition) is 1.